The quantitative estimate of drug-likeness (QED) is 0.126. The minimum Gasteiger partial charge on any atom is -0.462 e. The maximum atomic E-state index is 14.7. The van der Waals surface area contributed by atoms with Gasteiger partial charge < -0.3 is 82.5 Å². The minimum absolute atomic E-state index is 0.0744. The summed E-state index contributed by atoms with van der Waals surface area (Å²) in [5, 5.41) is 48.9. The number of aryl methyl sites for hydroxylation is 3. The van der Waals surface area contributed by atoms with Gasteiger partial charge in [0.15, 0.2) is 18.7 Å². The van der Waals surface area contributed by atoms with Crippen LogP contribution in [0.1, 0.15) is 143 Å². The van der Waals surface area contributed by atoms with Crippen molar-refractivity contribution in [2.75, 3.05) is 80.7 Å². The number of methoxy groups -OCH3 is 1. The lowest BCUT2D eigenvalue weighted by atomic mass is 9.77. The molecule has 1 aromatic carbocycles. The van der Waals surface area contributed by atoms with Crippen molar-refractivity contribution >= 4 is 28.8 Å². The Bertz CT molecular complexity index is 2590. The van der Waals surface area contributed by atoms with Crippen LogP contribution in [0, 0.1) is 17.8 Å². The highest BCUT2D eigenvalue weighted by Crippen LogP contribution is 2.41. The Balaban J connectivity index is 1.01. The van der Waals surface area contributed by atoms with E-state index in [1.54, 1.807) is 54.8 Å². The van der Waals surface area contributed by atoms with Crippen molar-refractivity contribution in [2.24, 2.45) is 17.8 Å². The number of aliphatic hydroxyl groups excluding tert-OH is 2. The Morgan fingerprint density at radius 1 is 0.881 bits per heavy atom. The number of esters is 3. The summed E-state index contributed by atoms with van der Waals surface area (Å²) < 4.78 is 52.6. The number of carbonyl (C=O) groups excluding carboxylic acids is 3. The van der Waals surface area contributed by atoms with Gasteiger partial charge in [-0.3, -0.25) is 14.4 Å². The van der Waals surface area contributed by atoms with E-state index in [-0.39, 0.29) is 61.3 Å². The Kier molecular flexibility index (Phi) is 23.1. The molecule has 5 aliphatic heterocycles. The molecule has 21 heteroatoms. The first-order chi connectivity index (χ1) is 39.5. The highest BCUT2D eigenvalue weighted by atomic mass is 16.7. The number of aromatic nitrogens is 1. The monoisotopic (exact) mass is 1190 g/mol. The second kappa shape index (κ2) is 28.6. The molecule has 0 unspecified atom stereocenters. The summed E-state index contributed by atoms with van der Waals surface area (Å²) in [6.45, 7) is 25.5. The Morgan fingerprint density at radius 3 is 2.20 bits per heavy atom. The van der Waals surface area contributed by atoms with Gasteiger partial charge in [0.1, 0.15) is 35.1 Å². The van der Waals surface area contributed by atoms with E-state index in [1.165, 1.54) is 6.92 Å². The molecule has 0 amide bonds. The van der Waals surface area contributed by atoms with Crippen LogP contribution in [0.25, 0.3) is 10.9 Å². The number of rotatable bonds is 17. The molecule has 84 heavy (non-hydrogen) atoms. The molecule has 18 atom stereocenters. The van der Waals surface area contributed by atoms with E-state index >= 15 is 0 Å². The van der Waals surface area contributed by atoms with E-state index < -0.39 is 108 Å². The molecule has 2 aromatic rings. The van der Waals surface area contributed by atoms with Crippen LogP contribution in [-0.2, 0) is 66.9 Å². The molecular weight excluding hydrogens is 1080 g/mol. The smallest absolute Gasteiger partial charge is 0.343 e. The third-order valence-electron chi connectivity index (χ3n) is 19.1. The van der Waals surface area contributed by atoms with Gasteiger partial charge in [-0.15, -0.1) is 0 Å². The molecule has 6 heterocycles. The lowest BCUT2D eigenvalue weighted by molar-refractivity contribution is -0.318. The Hall–Kier alpha value is -3.68. The molecule has 21 nitrogen and oxygen atoms in total. The minimum atomic E-state index is -1.85. The van der Waals surface area contributed by atoms with Crippen molar-refractivity contribution in [2.45, 2.75) is 231 Å². The zero-order chi connectivity index (χ0) is 61.7. The number of pyridine rings is 1. The third kappa shape index (κ3) is 15.6. The maximum Gasteiger partial charge on any atom is 0.343 e. The fourth-order valence-corrected chi connectivity index (χ4v) is 14.1. The number of hydrogen-bond acceptors (Lipinski definition) is 20. The van der Waals surface area contributed by atoms with Crippen LogP contribution in [0.3, 0.4) is 0 Å². The molecule has 0 bridgehead atoms. The zero-order valence-electron chi connectivity index (χ0n) is 53.0. The number of benzene rings is 1. The zero-order valence-corrected chi connectivity index (χ0v) is 53.0. The molecule has 4 N–H and O–H groups in total. The molecule has 476 valence electrons. The van der Waals surface area contributed by atoms with E-state index in [0.29, 0.717) is 24.9 Å². The Labute approximate surface area is 498 Å². The predicted octanol–water partition coefficient (Wildman–Crippen LogP) is 4.53. The first-order valence-electron chi connectivity index (χ1n) is 31.1. The SMILES string of the molecule is CCOC(=O)c1cn2c3c(cc(CCCN4CCN(CCC(=O)O[C@H]5[C@H](C)O[C@@H](O[C@H]6[C@H](C)[C@@H](O[C@@H]7O[C@H](C)C[C@H](N(C)C)[C@H]7O)[C@](C)(O)C[C@@H](C)CN(C)[C@H](C)[C@@H](O)[C@](C)(O)[C@@H](CC)OC(=O)[C@@H]6C)C[C@@]5(C)OC)CC4)cc3c1=O)CCC2. The second-order valence-electron chi connectivity index (χ2n) is 26.2. The first-order valence-corrected chi connectivity index (χ1v) is 31.1. The van der Waals surface area contributed by atoms with E-state index in [0.717, 1.165) is 81.6 Å². The van der Waals surface area contributed by atoms with Crippen LogP contribution in [0.5, 0.6) is 0 Å². The lowest BCUT2D eigenvalue weighted by Gasteiger charge is -2.49. The van der Waals surface area contributed by atoms with Gasteiger partial charge in [-0.25, -0.2) is 4.79 Å². The Morgan fingerprint density at radius 2 is 1.56 bits per heavy atom. The van der Waals surface area contributed by atoms with Crippen LogP contribution in [0.2, 0.25) is 0 Å². The molecule has 4 saturated heterocycles. The maximum absolute atomic E-state index is 14.7. The van der Waals surface area contributed by atoms with Crippen molar-refractivity contribution < 1.29 is 72.7 Å². The molecule has 5 aliphatic rings. The third-order valence-corrected chi connectivity index (χ3v) is 19.1. The van der Waals surface area contributed by atoms with Crippen molar-refractivity contribution in [3.05, 3.63) is 45.2 Å². The van der Waals surface area contributed by atoms with E-state index in [2.05, 4.69) is 15.9 Å². The lowest BCUT2D eigenvalue weighted by Crippen LogP contribution is -2.61. The van der Waals surface area contributed by atoms with Gasteiger partial charge in [-0.2, -0.15) is 0 Å². The number of aliphatic hydroxyl groups is 4. The number of nitrogens with zero attached hydrogens (tertiary/aromatic N) is 5. The summed E-state index contributed by atoms with van der Waals surface area (Å²) >= 11 is 0. The summed E-state index contributed by atoms with van der Waals surface area (Å²) in [7, 11) is 7.15. The number of ether oxygens (including phenoxy) is 8. The van der Waals surface area contributed by atoms with Crippen LogP contribution in [-0.4, -0.2) is 233 Å². The molecular formula is C63H103N5O16. The van der Waals surface area contributed by atoms with E-state index in [9.17, 15) is 39.6 Å². The molecule has 0 saturated carbocycles. The van der Waals surface area contributed by atoms with Gasteiger partial charge in [0.25, 0.3) is 0 Å². The van der Waals surface area contributed by atoms with Crippen LogP contribution in [0.15, 0.2) is 23.1 Å². The van der Waals surface area contributed by atoms with Gasteiger partial charge in [-0.05, 0) is 151 Å². The van der Waals surface area contributed by atoms with Gasteiger partial charge >= 0.3 is 17.9 Å². The molecule has 0 spiro atoms. The second-order valence-corrected chi connectivity index (χ2v) is 26.2. The van der Waals surface area contributed by atoms with Gasteiger partial charge in [0.2, 0.25) is 5.43 Å². The number of cyclic esters (lactones) is 1. The van der Waals surface area contributed by atoms with E-state index in [4.69, 9.17) is 37.9 Å². The highest BCUT2D eigenvalue weighted by Gasteiger charge is 2.54. The van der Waals surface area contributed by atoms with Crippen LogP contribution >= 0.6 is 0 Å². The van der Waals surface area contributed by atoms with E-state index in [1.807, 2.05) is 69.3 Å². The number of carbonyl (C=O) groups is 3. The van der Waals surface area contributed by atoms with Gasteiger partial charge in [-0.1, -0.05) is 26.8 Å². The van der Waals surface area contributed by atoms with Crippen LogP contribution < -0.4 is 5.43 Å². The number of piperazine rings is 1. The van der Waals surface area contributed by atoms with Crippen molar-refractivity contribution in [1.29, 1.82) is 0 Å². The predicted molar refractivity (Wildman–Crippen MR) is 316 cm³/mol. The first kappa shape index (κ1) is 67.8. The summed E-state index contributed by atoms with van der Waals surface area (Å²) in [4.78, 5) is 63.3. The summed E-state index contributed by atoms with van der Waals surface area (Å²) in [6.07, 6.45) is -3.48. The average molecular weight is 1190 g/mol. The van der Waals surface area contributed by atoms with Gasteiger partial charge in [0, 0.05) is 88.9 Å². The molecule has 1 aromatic heterocycles. The molecule has 0 aliphatic carbocycles. The van der Waals surface area contributed by atoms with Crippen molar-refractivity contribution in [1.82, 2.24) is 24.2 Å². The summed E-state index contributed by atoms with van der Waals surface area (Å²) in [6, 6.07) is 3.28. The highest BCUT2D eigenvalue weighted by molar-refractivity contribution is 5.95. The molecule has 0 radical (unpaired) electrons. The standard InChI is InChI=1S/C63H103N5O16/c1-16-48-63(11,76)55(72)41(7)65(14)35-37(3)33-61(9,75)56(84-60-53(71)47(64(12)13)30-38(4)79-60)39(5)54(40(6)58(73)81-48)83-50-34-62(10,77-15)57(42(8)80-50)82-49(69)22-25-67-28-26-66(27-29-67)23-18-20-43-31-44-21-19-24-68-36-46(59(74)78-17-2)52(70)45(32-43)51(44)68/h31-32,36-42,47-48,50,53-57,60,71-72,75-76H,16-30,33-35H2,1-15H3/t37-,38-,39+,40-,41-,42+,47+,48-,50+,53-,54+,55-,56-,57+,60+,61-,62-,63-/m1/s1. The number of likely N-dealkylation sites (N-methyl/N-ethyl adjacent to an activating group) is 2. The topological polar surface area (TPSA) is 241 Å². The normalized spacial score (nSPS) is 37.3. The number of hydrogen-bond donors (Lipinski definition) is 4. The average Bonchev–Trinajstić information content (AvgIpc) is 3.01. The fourth-order valence-electron chi connectivity index (χ4n) is 14.1. The summed E-state index contributed by atoms with van der Waals surface area (Å²) in [5.41, 5.74) is -1.64. The molecule has 4 fully saturated rings. The van der Waals surface area contributed by atoms with Crippen molar-refractivity contribution in [3.8, 4) is 0 Å². The summed E-state index contributed by atoms with van der Waals surface area (Å²) in [5.74, 6) is -3.80. The largest absolute Gasteiger partial charge is 0.462 e. The molecule has 7 rings (SSSR count). The fraction of sp³-hybridized carbons (Fsp3) is 0.810. The van der Waals surface area contributed by atoms with Crippen molar-refractivity contribution in [3.63, 3.8) is 0 Å². The van der Waals surface area contributed by atoms with Crippen LogP contribution in [0.4, 0.5) is 0 Å². The van der Waals surface area contributed by atoms with Gasteiger partial charge in [0.05, 0.1) is 54.5 Å².